The Balaban J connectivity index is 1.25. The summed E-state index contributed by atoms with van der Waals surface area (Å²) < 4.78 is 30.8. The topological polar surface area (TPSA) is 123 Å². The number of nitro benzene ring substituents is 1. The van der Waals surface area contributed by atoms with Gasteiger partial charge in [-0.1, -0.05) is 0 Å². The van der Waals surface area contributed by atoms with E-state index in [9.17, 15) is 19.7 Å². The average Bonchev–Trinajstić information content (AvgIpc) is 3.58. The first-order chi connectivity index (χ1) is 22.7. The van der Waals surface area contributed by atoms with Crippen molar-refractivity contribution in [3.8, 4) is 0 Å². The van der Waals surface area contributed by atoms with Crippen LogP contribution in [0.5, 0.6) is 0 Å². The predicted molar refractivity (Wildman–Crippen MR) is 172 cm³/mol. The second-order valence-corrected chi connectivity index (χ2v) is 16.6. The van der Waals surface area contributed by atoms with E-state index >= 15 is 0 Å². The van der Waals surface area contributed by atoms with Crippen molar-refractivity contribution < 1.29 is 38.2 Å². The van der Waals surface area contributed by atoms with Gasteiger partial charge in [0, 0.05) is 0 Å². The molecule has 5 aliphatic rings. The normalized spacial score (nSPS) is 38.0. The van der Waals surface area contributed by atoms with Crippen LogP contribution in [0.2, 0.25) is 5.32 Å². The SMILES string of the molecule is COCO[C@H]1CC[C@]23OC(=O)[C@@]1(C)[C@H]2[C@H](C(=O)OC)[C@@]12C[C@H](C[Se]c4ccccc4[N+](=O)[O-])[C@@H](C1)[C@@H](COCc1ccccc1)C[C@H]23. The molecule has 4 aliphatic carbocycles. The zero-order chi connectivity index (χ0) is 33.0. The maximum atomic E-state index is 14.1. The molecule has 0 amide bonds. The number of ether oxygens (including phenoxy) is 5. The third-order valence-corrected chi connectivity index (χ3v) is 15.0. The van der Waals surface area contributed by atoms with Crippen molar-refractivity contribution in [3.63, 3.8) is 0 Å². The summed E-state index contributed by atoms with van der Waals surface area (Å²) in [6, 6.07) is 17.2. The van der Waals surface area contributed by atoms with E-state index in [0.717, 1.165) is 34.6 Å². The zero-order valence-electron chi connectivity index (χ0n) is 27.1. The van der Waals surface area contributed by atoms with Gasteiger partial charge < -0.3 is 0 Å². The Morgan fingerprint density at radius 1 is 1.09 bits per heavy atom. The molecular formula is C36H43NO9Se. The Morgan fingerprint density at radius 2 is 1.85 bits per heavy atom. The van der Waals surface area contributed by atoms with Crippen LogP contribution in [0.25, 0.3) is 0 Å². The summed E-state index contributed by atoms with van der Waals surface area (Å²) in [6.07, 6.45) is 3.26. The summed E-state index contributed by atoms with van der Waals surface area (Å²) in [5.74, 6) is -0.762. The van der Waals surface area contributed by atoms with E-state index in [4.69, 9.17) is 23.7 Å². The summed E-state index contributed by atoms with van der Waals surface area (Å²) in [6.45, 7) is 3.06. The van der Waals surface area contributed by atoms with E-state index in [-0.39, 0.29) is 73.9 Å². The number of carbonyl (C=O) groups is 2. The molecule has 4 saturated carbocycles. The molecule has 1 spiro atoms. The van der Waals surface area contributed by atoms with Crippen molar-refractivity contribution in [3.05, 3.63) is 70.3 Å². The number of hydrogen-bond donors (Lipinski definition) is 0. The molecule has 0 unspecified atom stereocenters. The molecule has 47 heavy (non-hydrogen) atoms. The van der Waals surface area contributed by atoms with Crippen LogP contribution in [0, 0.1) is 56.5 Å². The first-order valence-corrected chi connectivity index (χ1v) is 18.7. The molecule has 252 valence electrons. The van der Waals surface area contributed by atoms with Crippen LogP contribution in [-0.2, 0) is 39.9 Å². The zero-order valence-corrected chi connectivity index (χ0v) is 28.8. The fourth-order valence-electron chi connectivity index (χ4n) is 10.7. The monoisotopic (exact) mass is 713 g/mol. The van der Waals surface area contributed by atoms with Gasteiger partial charge in [0.1, 0.15) is 0 Å². The van der Waals surface area contributed by atoms with Gasteiger partial charge in [0.2, 0.25) is 0 Å². The molecule has 10 atom stereocenters. The molecule has 2 aromatic carbocycles. The standard InChI is InChI=1S/C36H43NO9Se/c1-34-29(45-21-42-2)13-14-36(46-33(34)39)28-15-23(19-44-18-22-9-5-4-6-10-22)25-17-35(28,30(31(34)36)32(38)43-3)16-24(25)20-47-27-12-8-7-11-26(27)37(40)41/h4-12,23-25,28-31H,13-21H2,1-3H3/t23-,24-,25+,28-,29+,30-,31-,34-,35+,36-/m1/s1. The number of nitrogens with zero attached hydrogens (tertiary/aromatic N) is 1. The van der Waals surface area contributed by atoms with Gasteiger partial charge in [-0.2, -0.15) is 0 Å². The minimum absolute atomic E-state index is 0.0246. The third kappa shape index (κ3) is 5.07. The van der Waals surface area contributed by atoms with E-state index in [2.05, 4.69) is 12.1 Å². The van der Waals surface area contributed by atoms with Gasteiger partial charge >= 0.3 is 282 Å². The molecule has 4 bridgehead atoms. The van der Waals surface area contributed by atoms with Crippen molar-refractivity contribution in [2.45, 2.75) is 62.7 Å². The van der Waals surface area contributed by atoms with Gasteiger partial charge in [-0.3, -0.25) is 0 Å². The Hall–Kier alpha value is -2.82. The molecule has 7 rings (SSSR count). The minimum atomic E-state index is -1.01. The molecule has 11 heteroatoms. The van der Waals surface area contributed by atoms with Crippen LogP contribution in [0.3, 0.4) is 0 Å². The molecule has 10 nitrogen and oxygen atoms in total. The second-order valence-electron chi connectivity index (χ2n) is 14.4. The molecule has 2 aromatic rings. The Morgan fingerprint density at radius 3 is 2.60 bits per heavy atom. The number of hydrogen-bond acceptors (Lipinski definition) is 9. The molecule has 0 N–H and O–H groups in total. The van der Waals surface area contributed by atoms with E-state index in [1.165, 1.54) is 7.11 Å². The molecule has 5 fully saturated rings. The van der Waals surface area contributed by atoms with Gasteiger partial charge in [0.15, 0.2) is 0 Å². The average molecular weight is 713 g/mol. The van der Waals surface area contributed by atoms with Gasteiger partial charge in [0.05, 0.1) is 0 Å². The van der Waals surface area contributed by atoms with E-state index in [1.807, 2.05) is 37.3 Å². The van der Waals surface area contributed by atoms with Crippen molar-refractivity contribution in [2.24, 2.45) is 46.3 Å². The maximum absolute atomic E-state index is 14.1. The quantitative estimate of drug-likeness (QED) is 0.101. The number of nitro groups is 1. The molecule has 1 heterocycles. The summed E-state index contributed by atoms with van der Waals surface area (Å²) in [5, 5.41) is 12.7. The van der Waals surface area contributed by atoms with Gasteiger partial charge in [-0.25, -0.2) is 0 Å². The number of methoxy groups -OCH3 is 2. The molecular weight excluding hydrogens is 669 g/mol. The first-order valence-electron chi connectivity index (χ1n) is 16.6. The van der Waals surface area contributed by atoms with Crippen molar-refractivity contribution >= 4 is 37.0 Å². The number of rotatable bonds is 12. The summed E-state index contributed by atoms with van der Waals surface area (Å²) in [5.41, 5.74) is -0.910. The van der Waals surface area contributed by atoms with Crippen molar-refractivity contribution in [2.75, 3.05) is 27.6 Å². The van der Waals surface area contributed by atoms with Crippen molar-refractivity contribution in [1.29, 1.82) is 0 Å². The van der Waals surface area contributed by atoms with E-state index < -0.39 is 28.5 Å². The number of para-hydroxylation sites is 1. The molecule has 0 radical (unpaired) electrons. The van der Waals surface area contributed by atoms with Crippen LogP contribution >= 0.6 is 0 Å². The van der Waals surface area contributed by atoms with E-state index in [0.29, 0.717) is 26.1 Å². The third-order valence-electron chi connectivity index (χ3n) is 12.4. The molecule has 1 aliphatic heterocycles. The van der Waals surface area contributed by atoms with Crippen LogP contribution in [0.1, 0.15) is 44.6 Å². The second kappa shape index (κ2) is 12.6. The van der Waals surface area contributed by atoms with Crippen LogP contribution < -0.4 is 4.46 Å². The summed E-state index contributed by atoms with van der Waals surface area (Å²) >= 11 is -0.131. The van der Waals surface area contributed by atoms with Gasteiger partial charge in [0.25, 0.3) is 0 Å². The van der Waals surface area contributed by atoms with Crippen molar-refractivity contribution in [1.82, 2.24) is 0 Å². The van der Waals surface area contributed by atoms with Crippen LogP contribution in [-0.4, -0.2) is 71.1 Å². The number of benzene rings is 2. The Bertz CT molecular complexity index is 1520. The Labute approximate surface area is 281 Å². The van der Waals surface area contributed by atoms with Crippen LogP contribution in [0.4, 0.5) is 5.69 Å². The summed E-state index contributed by atoms with van der Waals surface area (Å²) in [7, 11) is 3.01. The van der Waals surface area contributed by atoms with E-state index in [1.54, 1.807) is 19.2 Å². The summed E-state index contributed by atoms with van der Waals surface area (Å²) in [4.78, 5) is 39.6. The number of carbonyl (C=O) groups excluding carboxylic acids is 2. The Kier molecular flexibility index (Phi) is 8.75. The number of fused-ring (bicyclic) bond motifs is 1. The molecule has 1 saturated heterocycles. The van der Waals surface area contributed by atoms with Crippen LogP contribution in [0.15, 0.2) is 54.6 Å². The first kappa shape index (κ1) is 32.7. The fourth-order valence-corrected chi connectivity index (χ4v) is 13.3. The van der Waals surface area contributed by atoms with Gasteiger partial charge in [-0.05, 0) is 0 Å². The predicted octanol–water partition coefficient (Wildman–Crippen LogP) is 4.71. The number of esters is 2. The molecule has 0 aromatic heterocycles. The fraction of sp³-hybridized carbons (Fsp3) is 0.611. The van der Waals surface area contributed by atoms with Gasteiger partial charge in [-0.15, -0.1) is 0 Å².